The zero-order valence-electron chi connectivity index (χ0n) is 14.5. The average molecular weight is 350 g/mol. The van der Waals surface area contributed by atoms with Gasteiger partial charge in [0.15, 0.2) is 5.82 Å². The highest BCUT2D eigenvalue weighted by atomic mass is 16.3. The number of nitrogens with two attached hydrogens (primary N) is 1. The minimum Gasteiger partial charge on any atom is -0.369 e. The van der Waals surface area contributed by atoms with Gasteiger partial charge in [0.1, 0.15) is 5.69 Å². The van der Waals surface area contributed by atoms with Crippen LogP contribution in [-0.4, -0.2) is 51.0 Å². The summed E-state index contributed by atoms with van der Waals surface area (Å²) in [5.74, 6) is 4.89. The van der Waals surface area contributed by atoms with Gasteiger partial charge in [-0.1, -0.05) is 11.8 Å². The van der Waals surface area contributed by atoms with Crippen molar-refractivity contribution in [2.45, 2.75) is 18.9 Å². The first-order valence-electron chi connectivity index (χ1n) is 8.04. The Morgan fingerprint density at radius 2 is 2.15 bits per heavy atom. The van der Waals surface area contributed by atoms with E-state index >= 15 is 0 Å². The molecule has 7 nitrogen and oxygen atoms in total. The van der Waals surface area contributed by atoms with E-state index in [1.807, 2.05) is 19.1 Å². The molecule has 1 aromatic heterocycles. The van der Waals surface area contributed by atoms with Gasteiger partial charge in [0.2, 0.25) is 5.60 Å². The van der Waals surface area contributed by atoms with Gasteiger partial charge in [-0.2, -0.15) is 0 Å². The number of aromatic nitrogens is 2. The van der Waals surface area contributed by atoms with E-state index in [9.17, 15) is 14.7 Å². The number of carbonyl (C=O) groups is 2. The fraction of sp³-hybridized carbons (Fsp3) is 0.263. The van der Waals surface area contributed by atoms with Crippen molar-refractivity contribution in [3.8, 4) is 23.2 Å². The Morgan fingerprint density at radius 1 is 1.38 bits per heavy atom. The molecule has 0 bridgehead atoms. The number of nitrogens with zero attached hydrogens (tertiary/aromatic N) is 3. The molecule has 26 heavy (non-hydrogen) atoms. The van der Waals surface area contributed by atoms with Crippen LogP contribution < -0.4 is 5.73 Å². The lowest BCUT2D eigenvalue weighted by Gasteiger charge is -2.13. The van der Waals surface area contributed by atoms with Crippen molar-refractivity contribution in [1.29, 1.82) is 0 Å². The molecular formula is C19H18N4O3. The van der Waals surface area contributed by atoms with Crippen LogP contribution in [0.2, 0.25) is 0 Å². The number of aryl methyl sites for hydroxylation is 1. The zero-order chi connectivity index (χ0) is 18.9. The Balaban J connectivity index is 1.97. The average Bonchev–Trinajstić information content (AvgIpc) is 2.88. The normalized spacial score (nSPS) is 19.2. The van der Waals surface area contributed by atoms with E-state index < -0.39 is 17.4 Å². The molecule has 2 heterocycles. The smallest absolute Gasteiger partial charge is 0.267 e. The van der Waals surface area contributed by atoms with Gasteiger partial charge in [0.05, 0.1) is 0 Å². The van der Waals surface area contributed by atoms with Crippen molar-refractivity contribution in [2.75, 3.05) is 13.6 Å². The molecule has 0 aliphatic carbocycles. The lowest BCUT2D eigenvalue weighted by molar-refractivity contribution is -0.137. The van der Waals surface area contributed by atoms with E-state index in [1.165, 1.54) is 17.2 Å². The third kappa shape index (κ3) is 3.41. The minimum atomic E-state index is -1.65. The first-order chi connectivity index (χ1) is 12.3. The summed E-state index contributed by atoms with van der Waals surface area (Å²) < 4.78 is 0. The van der Waals surface area contributed by atoms with Crippen molar-refractivity contribution >= 4 is 11.8 Å². The maximum absolute atomic E-state index is 12.0. The van der Waals surface area contributed by atoms with Crippen molar-refractivity contribution in [3.63, 3.8) is 0 Å². The monoisotopic (exact) mass is 350 g/mol. The van der Waals surface area contributed by atoms with Crippen LogP contribution in [0.4, 0.5) is 0 Å². The van der Waals surface area contributed by atoms with Crippen LogP contribution in [0.15, 0.2) is 30.5 Å². The minimum absolute atomic E-state index is 0.123. The number of aliphatic hydroxyl groups is 1. The summed E-state index contributed by atoms with van der Waals surface area (Å²) in [5, 5.41) is 10.4. The lowest BCUT2D eigenvalue weighted by Crippen LogP contribution is -2.37. The van der Waals surface area contributed by atoms with Crippen molar-refractivity contribution < 1.29 is 14.7 Å². The molecule has 3 rings (SSSR count). The molecule has 0 radical (unpaired) electrons. The van der Waals surface area contributed by atoms with Gasteiger partial charge in [-0.25, -0.2) is 9.97 Å². The summed E-state index contributed by atoms with van der Waals surface area (Å²) in [6, 6.07) is 6.88. The number of hydrogen-bond donors (Lipinski definition) is 2. The molecule has 0 saturated carbocycles. The molecule has 1 fully saturated rings. The number of likely N-dealkylation sites (N-methyl/N-ethyl adjacent to an activating group) is 1. The molecule has 132 valence electrons. The van der Waals surface area contributed by atoms with Crippen LogP contribution in [0.1, 0.15) is 28.0 Å². The Hall–Kier alpha value is -3.24. The highest BCUT2D eigenvalue weighted by Crippen LogP contribution is 2.22. The third-order valence-electron chi connectivity index (χ3n) is 4.17. The van der Waals surface area contributed by atoms with Gasteiger partial charge in [-0.15, -0.1) is 0 Å². The summed E-state index contributed by atoms with van der Waals surface area (Å²) in [6.07, 6.45) is 1.74. The van der Waals surface area contributed by atoms with Crippen molar-refractivity contribution in [2.24, 2.45) is 5.73 Å². The number of rotatable bonds is 2. The highest BCUT2D eigenvalue weighted by molar-refractivity contribution is 5.91. The van der Waals surface area contributed by atoms with Gasteiger partial charge in [-0.3, -0.25) is 9.59 Å². The predicted molar refractivity (Wildman–Crippen MR) is 94.8 cm³/mol. The number of likely N-dealkylation sites (tertiary alicyclic amines) is 1. The molecule has 1 aromatic carbocycles. The SMILES string of the molecule is Cc1cc(C#C[C@]2(O)CCN(C)C2=O)cc(-c2nccc(C(N)=O)n2)c1. The van der Waals surface area contributed by atoms with Gasteiger partial charge >= 0.3 is 0 Å². The van der Waals surface area contributed by atoms with Crippen molar-refractivity contribution in [3.05, 3.63) is 47.3 Å². The first-order valence-corrected chi connectivity index (χ1v) is 8.04. The number of carbonyl (C=O) groups excluding carboxylic acids is 2. The second-order valence-corrected chi connectivity index (χ2v) is 6.30. The van der Waals surface area contributed by atoms with Crippen LogP contribution >= 0.6 is 0 Å². The van der Waals surface area contributed by atoms with E-state index in [0.717, 1.165) is 5.56 Å². The van der Waals surface area contributed by atoms with Gasteiger partial charge in [0, 0.05) is 37.3 Å². The number of benzene rings is 1. The quantitative estimate of drug-likeness (QED) is 0.767. The van der Waals surface area contributed by atoms with Crippen LogP contribution in [0.5, 0.6) is 0 Å². The van der Waals surface area contributed by atoms with E-state index in [2.05, 4.69) is 21.8 Å². The molecule has 3 N–H and O–H groups in total. The van der Waals surface area contributed by atoms with Gasteiger partial charge < -0.3 is 15.7 Å². The summed E-state index contributed by atoms with van der Waals surface area (Å²) in [6.45, 7) is 2.35. The lowest BCUT2D eigenvalue weighted by atomic mass is 10.0. The summed E-state index contributed by atoms with van der Waals surface area (Å²) in [7, 11) is 1.63. The molecule has 1 aliphatic rings. The van der Waals surface area contributed by atoms with Gasteiger partial charge in [0.25, 0.3) is 11.8 Å². The van der Waals surface area contributed by atoms with Crippen LogP contribution in [0.3, 0.4) is 0 Å². The standard InChI is InChI=1S/C19H18N4O3/c1-12-9-13(3-5-19(26)6-8-23(2)18(19)25)11-14(10-12)17-21-7-4-15(22-17)16(20)24/h4,7,9-11,26H,6,8H2,1-2H3,(H2,20,24)/t19-/m0/s1. The van der Waals surface area contributed by atoms with E-state index in [0.29, 0.717) is 23.5 Å². The molecule has 1 aliphatic heterocycles. The van der Waals surface area contributed by atoms with E-state index in [4.69, 9.17) is 5.73 Å². The third-order valence-corrected chi connectivity index (χ3v) is 4.17. The number of amides is 2. The molecule has 0 spiro atoms. The Bertz CT molecular complexity index is 961. The summed E-state index contributed by atoms with van der Waals surface area (Å²) in [5.41, 5.74) is 5.92. The maximum Gasteiger partial charge on any atom is 0.267 e. The fourth-order valence-corrected chi connectivity index (χ4v) is 2.76. The second kappa shape index (κ2) is 6.58. The number of primary amides is 1. The van der Waals surface area contributed by atoms with E-state index in [-0.39, 0.29) is 12.1 Å². The Kier molecular flexibility index (Phi) is 4.45. The summed E-state index contributed by atoms with van der Waals surface area (Å²) >= 11 is 0. The molecule has 1 saturated heterocycles. The molecule has 0 unspecified atom stereocenters. The predicted octanol–water partition coefficient (Wildman–Crippen LogP) is 0.496. The first kappa shape index (κ1) is 17.6. The molecule has 1 atom stereocenters. The molecule has 2 amide bonds. The fourth-order valence-electron chi connectivity index (χ4n) is 2.76. The molecule has 2 aromatic rings. The molecule has 7 heteroatoms. The van der Waals surface area contributed by atoms with Crippen LogP contribution in [-0.2, 0) is 4.79 Å². The zero-order valence-corrected chi connectivity index (χ0v) is 14.5. The summed E-state index contributed by atoms with van der Waals surface area (Å²) in [4.78, 5) is 33.1. The van der Waals surface area contributed by atoms with Crippen molar-refractivity contribution in [1.82, 2.24) is 14.9 Å². The molecular weight excluding hydrogens is 332 g/mol. The Morgan fingerprint density at radius 3 is 2.81 bits per heavy atom. The van der Waals surface area contributed by atoms with Crippen LogP contribution in [0.25, 0.3) is 11.4 Å². The van der Waals surface area contributed by atoms with E-state index in [1.54, 1.807) is 13.1 Å². The second-order valence-electron chi connectivity index (χ2n) is 6.30. The highest BCUT2D eigenvalue weighted by Gasteiger charge is 2.42. The largest absolute Gasteiger partial charge is 0.369 e. The number of hydrogen-bond acceptors (Lipinski definition) is 5. The van der Waals surface area contributed by atoms with Crippen LogP contribution in [0, 0.1) is 18.8 Å². The topological polar surface area (TPSA) is 109 Å². The van der Waals surface area contributed by atoms with Gasteiger partial charge in [-0.05, 0) is 36.8 Å². The maximum atomic E-state index is 12.0. The Labute approximate surface area is 150 Å².